The molecule has 1 saturated heterocycles. The van der Waals surface area contributed by atoms with Gasteiger partial charge in [0.05, 0.1) is 6.04 Å². The molecule has 2 unspecified atom stereocenters. The lowest BCUT2D eigenvalue weighted by Gasteiger charge is -2.28. The molecule has 1 aliphatic heterocycles. The molecule has 10 heavy (non-hydrogen) atoms. The van der Waals surface area contributed by atoms with Crippen molar-refractivity contribution in [3.05, 3.63) is 6.92 Å². The molecule has 0 saturated carbocycles. The molecular formula is C7H11FNO. The minimum atomic E-state index is -0.473. The molecule has 1 rings (SSSR count). The second-order valence-electron chi connectivity index (χ2n) is 2.77. The van der Waals surface area contributed by atoms with Gasteiger partial charge >= 0.3 is 0 Å². The van der Waals surface area contributed by atoms with Crippen LogP contribution < -0.4 is 0 Å². The standard InChI is InChI=1S/C7H11FNO/c1-5-3-4-6(2)9(8)7(5)10/h5-6H,1,3-4H2,2H3. The summed E-state index contributed by atoms with van der Waals surface area (Å²) in [6, 6.07) is -0.259. The quantitative estimate of drug-likeness (QED) is 0.470. The van der Waals surface area contributed by atoms with Crippen LogP contribution in [0.25, 0.3) is 0 Å². The van der Waals surface area contributed by atoms with Crippen molar-refractivity contribution in [1.82, 2.24) is 5.12 Å². The molecule has 0 aromatic carbocycles. The lowest BCUT2D eigenvalue weighted by atomic mass is 9.96. The fourth-order valence-corrected chi connectivity index (χ4v) is 1.07. The van der Waals surface area contributed by atoms with Crippen LogP contribution in [-0.2, 0) is 4.79 Å². The summed E-state index contributed by atoms with van der Waals surface area (Å²) in [6.07, 6.45) is 1.43. The Balaban J connectivity index is 2.60. The van der Waals surface area contributed by atoms with Gasteiger partial charge in [0.1, 0.15) is 0 Å². The van der Waals surface area contributed by atoms with Gasteiger partial charge in [-0.3, -0.25) is 4.79 Å². The van der Waals surface area contributed by atoms with Gasteiger partial charge in [-0.2, -0.15) is 5.12 Å². The Morgan fingerprint density at radius 3 is 2.80 bits per heavy atom. The number of hydrogen-bond acceptors (Lipinski definition) is 1. The summed E-state index contributed by atoms with van der Waals surface area (Å²) in [7, 11) is 0. The van der Waals surface area contributed by atoms with E-state index >= 15 is 0 Å². The average molecular weight is 144 g/mol. The molecule has 2 atom stereocenters. The van der Waals surface area contributed by atoms with E-state index in [-0.39, 0.29) is 12.0 Å². The van der Waals surface area contributed by atoms with Gasteiger partial charge in [-0.1, -0.05) is 4.48 Å². The Morgan fingerprint density at radius 1 is 1.70 bits per heavy atom. The van der Waals surface area contributed by atoms with Crippen molar-refractivity contribution in [2.45, 2.75) is 25.8 Å². The highest BCUT2D eigenvalue weighted by molar-refractivity contribution is 5.79. The summed E-state index contributed by atoms with van der Waals surface area (Å²) in [5, 5.41) is 0.293. The molecule has 3 heteroatoms. The van der Waals surface area contributed by atoms with Crippen molar-refractivity contribution in [3.63, 3.8) is 0 Å². The molecule has 0 aromatic rings. The smallest absolute Gasteiger partial charge is 0.253 e. The third-order valence-electron chi connectivity index (χ3n) is 1.88. The van der Waals surface area contributed by atoms with Crippen LogP contribution in [0.3, 0.4) is 0 Å². The molecule has 1 radical (unpaired) electrons. The second kappa shape index (κ2) is 2.56. The van der Waals surface area contributed by atoms with Gasteiger partial charge in [-0.25, -0.2) is 0 Å². The van der Waals surface area contributed by atoms with Gasteiger partial charge in [0.2, 0.25) is 0 Å². The predicted octanol–water partition coefficient (Wildman–Crippen LogP) is 1.33. The molecule has 1 fully saturated rings. The maximum Gasteiger partial charge on any atom is 0.253 e. The molecule has 0 aromatic heterocycles. The summed E-state index contributed by atoms with van der Waals surface area (Å²) in [6.45, 7) is 5.23. The third kappa shape index (κ3) is 1.13. The SMILES string of the molecule is [CH2]C1CCC(C)N(F)C1=O. The molecule has 2 nitrogen and oxygen atoms in total. The average Bonchev–Trinajstić information content (AvgIpc) is 1.93. The van der Waals surface area contributed by atoms with Gasteiger partial charge in [0, 0.05) is 5.92 Å². The number of nitrogens with zero attached hydrogens (tertiary/aromatic N) is 1. The zero-order valence-electron chi connectivity index (χ0n) is 6.01. The van der Waals surface area contributed by atoms with E-state index in [1.807, 2.05) is 0 Å². The van der Waals surface area contributed by atoms with Crippen LogP contribution in [0.2, 0.25) is 0 Å². The number of halogens is 1. The van der Waals surface area contributed by atoms with Gasteiger partial charge in [-0.05, 0) is 26.7 Å². The minimum absolute atomic E-state index is 0.259. The maximum atomic E-state index is 12.7. The molecule has 0 spiro atoms. The first-order chi connectivity index (χ1) is 4.63. The first kappa shape index (κ1) is 7.51. The van der Waals surface area contributed by atoms with E-state index in [0.717, 1.165) is 6.42 Å². The van der Waals surface area contributed by atoms with E-state index in [1.54, 1.807) is 6.92 Å². The highest BCUT2D eigenvalue weighted by Crippen LogP contribution is 2.22. The van der Waals surface area contributed by atoms with Gasteiger partial charge in [0.25, 0.3) is 5.91 Å². The normalized spacial score (nSPS) is 34.7. The molecule has 0 bridgehead atoms. The van der Waals surface area contributed by atoms with Crippen LogP contribution in [0.5, 0.6) is 0 Å². The highest BCUT2D eigenvalue weighted by Gasteiger charge is 2.30. The van der Waals surface area contributed by atoms with Gasteiger partial charge < -0.3 is 0 Å². The van der Waals surface area contributed by atoms with Crippen LogP contribution >= 0.6 is 0 Å². The third-order valence-corrected chi connectivity index (χ3v) is 1.88. The zero-order valence-corrected chi connectivity index (χ0v) is 6.01. The molecule has 1 aliphatic rings. The largest absolute Gasteiger partial charge is 0.272 e. The van der Waals surface area contributed by atoms with Crippen molar-refractivity contribution in [1.29, 1.82) is 0 Å². The molecular weight excluding hydrogens is 133 g/mol. The Labute approximate surface area is 59.9 Å². The van der Waals surface area contributed by atoms with Crippen LogP contribution in [0.4, 0.5) is 4.48 Å². The van der Waals surface area contributed by atoms with Crippen molar-refractivity contribution in [3.8, 4) is 0 Å². The minimum Gasteiger partial charge on any atom is -0.272 e. The van der Waals surface area contributed by atoms with E-state index in [0.29, 0.717) is 11.5 Å². The highest BCUT2D eigenvalue weighted by atomic mass is 19.2. The first-order valence-corrected chi connectivity index (χ1v) is 3.45. The van der Waals surface area contributed by atoms with E-state index in [1.165, 1.54) is 0 Å². The topological polar surface area (TPSA) is 20.3 Å². The number of hydrogen-bond donors (Lipinski definition) is 0. The number of piperidine rings is 1. The summed E-state index contributed by atoms with van der Waals surface area (Å²) in [5.74, 6) is -0.847. The van der Waals surface area contributed by atoms with Crippen LogP contribution in [-0.4, -0.2) is 17.1 Å². The van der Waals surface area contributed by atoms with E-state index in [2.05, 4.69) is 6.92 Å². The molecule has 0 N–H and O–H groups in total. The number of rotatable bonds is 0. The Hall–Kier alpha value is -0.600. The van der Waals surface area contributed by atoms with Crippen LogP contribution in [0.1, 0.15) is 19.8 Å². The summed E-state index contributed by atoms with van der Waals surface area (Å²) < 4.78 is 12.7. The molecule has 0 aliphatic carbocycles. The summed E-state index contributed by atoms with van der Waals surface area (Å²) >= 11 is 0. The zero-order chi connectivity index (χ0) is 7.72. The second-order valence-corrected chi connectivity index (χ2v) is 2.77. The molecule has 1 heterocycles. The summed E-state index contributed by atoms with van der Waals surface area (Å²) in [5.41, 5.74) is 0. The number of carbonyl (C=O) groups is 1. The number of carbonyl (C=O) groups excluding carboxylic acids is 1. The van der Waals surface area contributed by atoms with Gasteiger partial charge in [-0.15, -0.1) is 0 Å². The maximum absolute atomic E-state index is 12.7. The fraction of sp³-hybridized carbons (Fsp3) is 0.714. The fourth-order valence-electron chi connectivity index (χ4n) is 1.07. The van der Waals surface area contributed by atoms with Crippen molar-refractivity contribution < 1.29 is 9.28 Å². The lowest BCUT2D eigenvalue weighted by molar-refractivity contribution is -0.160. The summed E-state index contributed by atoms with van der Waals surface area (Å²) in [4.78, 5) is 10.8. The Morgan fingerprint density at radius 2 is 2.30 bits per heavy atom. The first-order valence-electron chi connectivity index (χ1n) is 3.45. The molecule has 1 amide bonds. The van der Waals surface area contributed by atoms with Crippen LogP contribution in [0, 0.1) is 12.8 Å². The van der Waals surface area contributed by atoms with E-state index in [9.17, 15) is 9.28 Å². The lowest BCUT2D eigenvalue weighted by Crippen LogP contribution is -2.40. The van der Waals surface area contributed by atoms with Crippen molar-refractivity contribution in [2.75, 3.05) is 0 Å². The van der Waals surface area contributed by atoms with E-state index < -0.39 is 5.91 Å². The predicted molar refractivity (Wildman–Crippen MR) is 35.5 cm³/mol. The Bertz CT molecular complexity index is 149. The van der Waals surface area contributed by atoms with Crippen molar-refractivity contribution >= 4 is 5.91 Å². The van der Waals surface area contributed by atoms with Crippen LogP contribution in [0.15, 0.2) is 0 Å². The van der Waals surface area contributed by atoms with E-state index in [4.69, 9.17) is 0 Å². The Kier molecular flexibility index (Phi) is 1.92. The molecule has 57 valence electrons. The van der Waals surface area contributed by atoms with Gasteiger partial charge in [0.15, 0.2) is 0 Å². The number of amides is 1. The van der Waals surface area contributed by atoms with Crippen molar-refractivity contribution in [2.24, 2.45) is 5.92 Å². The monoisotopic (exact) mass is 144 g/mol.